The Balaban J connectivity index is 0.00000338. The van der Waals surface area contributed by atoms with Crippen LogP contribution in [0.4, 0.5) is 5.69 Å². The van der Waals surface area contributed by atoms with Crippen molar-refractivity contribution in [3.05, 3.63) is 59.7 Å². The highest BCUT2D eigenvalue weighted by Crippen LogP contribution is 2.19. The number of rotatable bonds is 7. The number of carbonyl (C=O) groups is 1. The van der Waals surface area contributed by atoms with E-state index in [0.717, 1.165) is 5.56 Å². The number of sulfonamides is 1. The van der Waals surface area contributed by atoms with Gasteiger partial charge in [-0.2, -0.15) is 0 Å². The maximum absolute atomic E-state index is 12.5. The van der Waals surface area contributed by atoms with Crippen molar-refractivity contribution in [1.29, 1.82) is 0 Å². The molecule has 1 amide bonds. The number of aryl methyl sites for hydroxylation is 1. The molecule has 26 heavy (non-hydrogen) atoms. The zero-order valence-corrected chi connectivity index (χ0v) is 16.7. The van der Waals surface area contributed by atoms with E-state index in [1.165, 1.54) is 24.3 Å². The highest BCUT2D eigenvalue weighted by atomic mass is 35.5. The molecule has 0 aliphatic carbocycles. The minimum atomic E-state index is -3.70. The van der Waals surface area contributed by atoms with E-state index in [-0.39, 0.29) is 23.2 Å². The minimum Gasteiger partial charge on any atom is -0.340 e. The van der Waals surface area contributed by atoms with Crippen LogP contribution >= 0.6 is 12.4 Å². The van der Waals surface area contributed by atoms with Crippen molar-refractivity contribution in [2.24, 2.45) is 0 Å². The monoisotopic (exact) mass is 397 g/mol. The molecule has 0 fully saturated rings. The Morgan fingerprint density at radius 1 is 1.08 bits per heavy atom. The Morgan fingerprint density at radius 2 is 1.69 bits per heavy atom. The van der Waals surface area contributed by atoms with E-state index < -0.39 is 10.0 Å². The molecule has 0 atom stereocenters. The summed E-state index contributed by atoms with van der Waals surface area (Å²) < 4.78 is 27.6. The second-order valence-electron chi connectivity index (χ2n) is 5.78. The highest BCUT2D eigenvalue weighted by molar-refractivity contribution is 7.92. The molecule has 2 rings (SSSR count). The molecule has 8 heteroatoms. The molecule has 2 aromatic rings. The van der Waals surface area contributed by atoms with Crippen LogP contribution in [-0.4, -0.2) is 46.4 Å². The summed E-state index contributed by atoms with van der Waals surface area (Å²) in [6.07, 6.45) is 0. The molecule has 6 nitrogen and oxygen atoms in total. The quantitative estimate of drug-likeness (QED) is 0.752. The second kappa shape index (κ2) is 9.56. The molecule has 2 N–H and O–H groups in total. The molecule has 0 aliphatic heterocycles. The van der Waals surface area contributed by atoms with Crippen LogP contribution in [0.5, 0.6) is 0 Å². The number of para-hydroxylation sites is 1. The van der Waals surface area contributed by atoms with E-state index in [4.69, 9.17) is 0 Å². The average molecular weight is 398 g/mol. The molecule has 0 spiro atoms. The third-order valence-electron chi connectivity index (χ3n) is 3.84. The molecule has 0 bridgehead atoms. The number of anilines is 1. The molecule has 0 heterocycles. The van der Waals surface area contributed by atoms with Crippen molar-refractivity contribution in [3.63, 3.8) is 0 Å². The third-order valence-corrected chi connectivity index (χ3v) is 5.23. The number of halogens is 1. The summed E-state index contributed by atoms with van der Waals surface area (Å²) in [6.45, 7) is 3.10. The summed E-state index contributed by atoms with van der Waals surface area (Å²) in [4.78, 5) is 14.0. The fraction of sp³-hybridized carbons (Fsp3) is 0.278. The van der Waals surface area contributed by atoms with Gasteiger partial charge in [0.25, 0.3) is 15.9 Å². The Kier molecular flexibility index (Phi) is 8.08. The van der Waals surface area contributed by atoms with E-state index in [9.17, 15) is 13.2 Å². The Bertz CT molecular complexity index is 839. The van der Waals surface area contributed by atoms with E-state index in [2.05, 4.69) is 10.0 Å². The first-order valence-electron chi connectivity index (χ1n) is 7.94. The third kappa shape index (κ3) is 5.45. The first kappa shape index (κ1) is 22.0. The van der Waals surface area contributed by atoms with Crippen molar-refractivity contribution in [2.75, 3.05) is 31.9 Å². The largest absolute Gasteiger partial charge is 0.340 e. The summed E-state index contributed by atoms with van der Waals surface area (Å²) >= 11 is 0. The van der Waals surface area contributed by atoms with Crippen molar-refractivity contribution in [1.82, 2.24) is 10.2 Å². The smallest absolute Gasteiger partial charge is 0.261 e. The fourth-order valence-corrected chi connectivity index (χ4v) is 3.40. The number of hydrogen-bond donors (Lipinski definition) is 2. The second-order valence-corrected chi connectivity index (χ2v) is 7.46. The Labute approximate surface area is 161 Å². The van der Waals surface area contributed by atoms with Crippen LogP contribution in [0.3, 0.4) is 0 Å². The molecule has 2 aromatic carbocycles. The van der Waals surface area contributed by atoms with Gasteiger partial charge in [-0.15, -0.1) is 12.4 Å². The molecule has 142 valence electrons. The van der Waals surface area contributed by atoms with Crippen LogP contribution < -0.4 is 10.0 Å². The number of hydrogen-bond acceptors (Lipinski definition) is 4. The van der Waals surface area contributed by atoms with E-state index in [1.54, 1.807) is 24.1 Å². The Hall–Kier alpha value is -2.09. The molecule has 0 aliphatic rings. The standard InChI is InChI=1S/C18H23N3O3S.ClH/c1-14-6-4-5-7-17(14)20-25(23,24)16-10-8-15(9-11-16)18(22)21(3)13-12-19-2;/h4-11,19-20H,12-13H2,1-3H3;1H. The van der Waals surface area contributed by atoms with Gasteiger partial charge >= 0.3 is 0 Å². The molecule has 0 radical (unpaired) electrons. The zero-order valence-electron chi connectivity index (χ0n) is 15.0. The fourth-order valence-electron chi connectivity index (χ4n) is 2.27. The maximum atomic E-state index is 12.5. The van der Waals surface area contributed by atoms with Gasteiger partial charge in [0.2, 0.25) is 0 Å². The van der Waals surface area contributed by atoms with Crippen LogP contribution in [0.25, 0.3) is 0 Å². The molecule has 0 saturated carbocycles. The van der Waals surface area contributed by atoms with Gasteiger partial charge in [0.15, 0.2) is 0 Å². The zero-order chi connectivity index (χ0) is 18.4. The van der Waals surface area contributed by atoms with Crippen LogP contribution in [0, 0.1) is 6.92 Å². The molecule has 0 aromatic heterocycles. The number of benzene rings is 2. The van der Waals surface area contributed by atoms with Gasteiger partial charge in [0, 0.05) is 25.7 Å². The van der Waals surface area contributed by atoms with Crippen molar-refractivity contribution in [2.45, 2.75) is 11.8 Å². The lowest BCUT2D eigenvalue weighted by molar-refractivity contribution is 0.0796. The van der Waals surface area contributed by atoms with Gasteiger partial charge in [0.1, 0.15) is 0 Å². The summed E-state index contributed by atoms with van der Waals surface area (Å²) in [7, 11) is -0.166. The van der Waals surface area contributed by atoms with Crippen molar-refractivity contribution >= 4 is 34.0 Å². The lowest BCUT2D eigenvalue weighted by Gasteiger charge is -2.17. The van der Waals surface area contributed by atoms with Gasteiger partial charge < -0.3 is 10.2 Å². The summed E-state index contributed by atoms with van der Waals surface area (Å²) in [5.41, 5.74) is 1.83. The first-order valence-corrected chi connectivity index (χ1v) is 9.42. The van der Waals surface area contributed by atoms with Gasteiger partial charge in [-0.05, 0) is 49.9 Å². The number of nitrogens with zero attached hydrogens (tertiary/aromatic N) is 1. The molecular formula is C18H24ClN3O3S. The van der Waals surface area contributed by atoms with Crippen LogP contribution in [0.1, 0.15) is 15.9 Å². The first-order chi connectivity index (χ1) is 11.8. The maximum Gasteiger partial charge on any atom is 0.261 e. The predicted octanol–water partition coefficient (Wildman–Crippen LogP) is 2.51. The summed E-state index contributed by atoms with van der Waals surface area (Å²) in [6, 6.07) is 13.1. The molecular weight excluding hydrogens is 374 g/mol. The SMILES string of the molecule is CNCCN(C)C(=O)c1ccc(S(=O)(=O)Nc2ccccc2C)cc1.Cl. The average Bonchev–Trinajstić information content (AvgIpc) is 2.61. The molecule has 0 unspecified atom stereocenters. The highest BCUT2D eigenvalue weighted by Gasteiger charge is 2.17. The van der Waals surface area contributed by atoms with E-state index >= 15 is 0 Å². The normalized spacial score (nSPS) is 10.7. The number of carbonyl (C=O) groups excluding carboxylic acids is 1. The van der Waals surface area contributed by atoms with Gasteiger partial charge in [0.05, 0.1) is 10.6 Å². The Morgan fingerprint density at radius 3 is 2.27 bits per heavy atom. The van der Waals surface area contributed by atoms with Crippen molar-refractivity contribution in [3.8, 4) is 0 Å². The van der Waals surface area contributed by atoms with Gasteiger partial charge in [-0.25, -0.2) is 8.42 Å². The van der Waals surface area contributed by atoms with Gasteiger partial charge in [-0.3, -0.25) is 9.52 Å². The lowest BCUT2D eigenvalue weighted by Crippen LogP contribution is -2.32. The van der Waals surface area contributed by atoms with Crippen molar-refractivity contribution < 1.29 is 13.2 Å². The number of nitrogens with one attached hydrogen (secondary N) is 2. The summed E-state index contributed by atoms with van der Waals surface area (Å²) in [5.74, 6) is -0.147. The lowest BCUT2D eigenvalue weighted by atomic mass is 10.2. The minimum absolute atomic E-state index is 0. The van der Waals surface area contributed by atoms with Crippen LogP contribution in [0.2, 0.25) is 0 Å². The number of amides is 1. The van der Waals surface area contributed by atoms with Gasteiger partial charge in [-0.1, -0.05) is 18.2 Å². The van der Waals surface area contributed by atoms with E-state index in [1.807, 2.05) is 26.1 Å². The van der Waals surface area contributed by atoms with Crippen LogP contribution in [0.15, 0.2) is 53.4 Å². The van der Waals surface area contributed by atoms with E-state index in [0.29, 0.717) is 24.3 Å². The predicted molar refractivity (Wildman–Crippen MR) is 107 cm³/mol. The summed E-state index contributed by atoms with van der Waals surface area (Å²) in [5, 5.41) is 2.98. The van der Waals surface area contributed by atoms with Crippen LogP contribution in [-0.2, 0) is 10.0 Å². The topological polar surface area (TPSA) is 78.5 Å². The molecule has 0 saturated heterocycles. The number of likely N-dealkylation sites (N-methyl/N-ethyl adjacent to an activating group) is 2.